The van der Waals surface area contributed by atoms with E-state index < -0.39 is 34.4 Å². The Hall–Kier alpha value is -4.65. The molecule has 0 aliphatic heterocycles. The number of amides is 2. The van der Waals surface area contributed by atoms with Gasteiger partial charge in [-0.1, -0.05) is 73.4 Å². The zero-order chi connectivity index (χ0) is 38.0. The van der Waals surface area contributed by atoms with Gasteiger partial charge in [0.05, 0.1) is 39.0 Å². The molecule has 0 radical (unpaired) electrons. The van der Waals surface area contributed by atoms with Gasteiger partial charge in [0, 0.05) is 47.3 Å². The van der Waals surface area contributed by atoms with Gasteiger partial charge in [0.25, 0.3) is 10.0 Å². The molecule has 0 bridgehead atoms. The largest absolute Gasteiger partial charge is 0.497 e. The Labute approximate surface area is 315 Å². The lowest BCUT2D eigenvalue weighted by atomic mass is 10.0. The average Bonchev–Trinajstić information content (AvgIpc) is 3.14. The van der Waals surface area contributed by atoms with Crippen molar-refractivity contribution in [2.24, 2.45) is 5.92 Å². The quantitative estimate of drug-likeness (QED) is 0.127. The van der Waals surface area contributed by atoms with Gasteiger partial charge < -0.3 is 29.2 Å². The first kappa shape index (κ1) is 40.1. The molecular weight excluding hydrogens is 729 g/mol. The van der Waals surface area contributed by atoms with E-state index in [0.717, 1.165) is 9.87 Å². The zero-order valence-corrected chi connectivity index (χ0v) is 32.2. The van der Waals surface area contributed by atoms with E-state index in [2.05, 4.69) is 5.32 Å². The van der Waals surface area contributed by atoms with Crippen LogP contribution in [0.15, 0.2) is 89.8 Å². The number of hydrogen-bond acceptors (Lipinski definition) is 8. The van der Waals surface area contributed by atoms with Gasteiger partial charge in [-0.3, -0.25) is 13.9 Å². The molecule has 4 rings (SSSR count). The van der Waals surface area contributed by atoms with Crippen LogP contribution in [0, 0.1) is 5.92 Å². The number of rotatable bonds is 17. The van der Waals surface area contributed by atoms with Gasteiger partial charge in [-0.15, -0.1) is 0 Å². The molecule has 2 amide bonds. The van der Waals surface area contributed by atoms with Gasteiger partial charge >= 0.3 is 0 Å². The maximum absolute atomic E-state index is 14.9. The predicted molar refractivity (Wildman–Crippen MR) is 202 cm³/mol. The normalized spacial score (nSPS) is 11.8. The van der Waals surface area contributed by atoms with Crippen LogP contribution in [0.1, 0.15) is 25.0 Å². The summed E-state index contributed by atoms with van der Waals surface area (Å²) < 4.78 is 52.1. The summed E-state index contributed by atoms with van der Waals surface area (Å²) >= 11 is 13.2. The first-order chi connectivity index (χ1) is 24.8. The molecule has 0 fully saturated rings. The first-order valence-electron chi connectivity index (χ1n) is 16.3. The molecule has 14 heteroatoms. The molecule has 0 aromatic heterocycles. The SMILES string of the molecule is COc1ccc(OC)c(N(CC(=O)N(Cc2c(Cl)cccc2Cl)[C@@H](Cc2ccccc2)C(=O)NCC(C)C)S(=O)(=O)c2ccc(OC)c(OC)c2)c1. The van der Waals surface area contributed by atoms with Crippen molar-refractivity contribution >= 4 is 50.7 Å². The van der Waals surface area contributed by atoms with E-state index in [0.29, 0.717) is 23.6 Å². The molecular formula is C38H43Cl2N3O8S. The molecule has 0 aliphatic rings. The molecule has 52 heavy (non-hydrogen) atoms. The van der Waals surface area contributed by atoms with Crippen LogP contribution in [0.5, 0.6) is 23.0 Å². The topological polar surface area (TPSA) is 124 Å². The monoisotopic (exact) mass is 771 g/mol. The Morgan fingerprint density at radius 2 is 1.40 bits per heavy atom. The third kappa shape index (κ3) is 9.61. The highest BCUT2D eigenvalue weighted by atomic mass is 35.5. The van der Waals surface area contributed by atoms with Gasteiger partial charge in [0.1, 0.15) is 24.1 Å². The lowest BCUT2D eigenvalue weighted by Gasteiger charge is -2.34. The van der Waals surface area contributed by atoms with Crippen LogP contribution in [0.4, 0.5) is 5.69 Å². The van der Waals surface area contributed by atoms with Crippen molar-refractivity contribution in [3.63, 3.8) is 0 Å². The number of nitrogens with one attached hydrogen (secondary N) is 1. The highest BCUT2D eigenvalue weighted by molar-refractivity contribution is 7.92. The summed E-state index contributed by atoms with van der Waals surface area (Å²) in [6.45, 7) is 3.29. The smallest absolute Gasteiger partial charge is 0.265 e. The number of carbonyl (C=O) groups excluding carboxylic acids is 2. The summed E-state index contributed by atoms with van der Waals surface area (Å²) in [6.07, 6.45) is 0.115. The summed E-state index contributed by atoms with van der Waals surface area (Å²) in [5.41, 5.74) is 1.19. The molecule has 4 aromatic carbocycles. The highest BCUT2D eigenvalue weighted by Gasteiger charge is 2.36. The first-order valence-corrected chi connectivity index (χ1v) is 18.5. The lowest BCUT2D eigenvalue weighted by molar-refractivity contribution is -0.140. The van der Waals surface area contributed by atoms with E-state index >= 15 is 0 Å². The number of sulfonamides is 1. The van der Waals surface area contributed by atoms with Crippen molar-refractivity contribution < 1.29 is 37.0 Å². The molecule has 0 aliphatic carbocycles. The number of carbonyl (C=O) groups is 2. The Balaban J connectivity index is 1.92. The molecule has 0 unspecified atom stereocenters. The van der Waals surface area contributed by atoms with Crippen molar-refractivity contribution in [3.05, 3.63) is 106 Å². The summed E-state index contributed by atoms with van der Waals surface area (Å²) in [5.74, 6) is -0.104. The van der Waals surface area contributed by atoms with Crippen LogP contribution < -0.4 is 28.6 Å². The molecule has 0 spiro atoms. The third-order valence-electron chi connectivity index (χ3n) is 8.22. The van der Waals surface area contributed by atoms with Crippen molar-refractivity contribution in [2.75, 3.05) is 45.8 Å². The number of halogens is 2. The molecule has 278 valence electrons. The molecule has 1 N–H and O–H groups in total. The van der Waals surface area contributed by atoms with E-state index in [1.165, 1.54) is 63.7 Å². The number of hydrogen-bond donors (Lipinski definition) is 1. The maximum atomic E-state index is 14.9. The molecule has 1 atom stereocenters. The van der Waals surface area contributed by atoms with Crippen LogP contribution in [0.2, 0.25) is 10.0 Å². The van der Waals surface area contributed by atoms with Crippen molar-refractivity contribution in [1.29, 1.82) is 0 Å². The van der Waals surface area contributed by atoms with Gasteiger partial charge in [-0.25, -0.2) is 8.42 Å². The van der Waals surface area contributed by atoms with Gasteiger partial charge in [-0.2, -0.15) is 0 Å². The van der Waals surface area contributed by atoms with Gasteiger partial charge in [0.15, 0.2) is 11.5 Å². The Morgan fingerprint density at radius 1 is 0.769 bits per heavy atom. The van der Waals surface area contributed by atoms with E-state index in [1.54, 1.807) is 24.3 Å². The summed E-state index contributed by atoms with van der Waals surface area (Å²) in [6, 6.07) is 21.8. The third-order valence-corrected chi connectivity index (χ3v) is 10.7. The van der Waals surface area contributed by atoms with Crippen LogP contribution in [-0.2, 0) is 32.6 Å². The molecule has 0 saturated heterocycles. The van der Waals surface area contributed by atoms with E-state index in [1.807, 2.05) is 44.2 Å². The lowest BCUT2D eigenvalue weighted by Crippen LogP contribution is -2.53. The minimum absolute atomic E-state index is 0.0181. The Bertz CT molecular complexity index is 1940. The second kappa shape index (κ2) is 18.2. The number of ether oxygens (including phenoxy) is 4. The highest BCUT2D eigenvalue weighted by Crippen LogP contribution is 2.38. The Kier molecular flexibility index (Phi) is 14.1. The fraction of sp³-hybridized carbons (Fsp3) is 0.316. The summed E-state index contributed by atoms with van der Waals surface area (Å²) in [5, 5.41) is 3.51. The zero-order valence-electron chi connectivity index (χ0n) is 29.9. The van der Waals surface area contributed by atoms with Crippen molar-refractivity contribution in [2.45, 2.75) is 37.8 Å². The van der Waals surface area contributed by atoms with Crippen LogP contribution in [0.3, 0.4) is 0 Å². The molecule has 0 heterocycles. The Morgan fingerprint density at radius 3 is 2.00 bits per heavy atom. The van der Waals surface area contributed by atoms with E-state index in [-0.39, 0.29) is 51.0 Å². The van der Waals surface area contributed by atoms with Gasteiger partial charge in [0.2, 0.25) is 11.8 Å². The average molecular weight is 773 g/mol. The summed E-state index contributed by atoms with van der Waals surface area (Å²) in [4.78, 5) is 30.1. The minimum atomic E-state index is -4.55. The number of nitrogens with zero attached hydrogens (tertiary/aromatic N) is 2. The second-order valence-corrected chi connectivity index (χ2v) is 14.8. The van der Waals surface area contributed by atoms with Crippen LogP contribution in [0.25, 0.3) is 0 Å². The second-order valence-electron chi connectivity index (χ2n) is 12.1. The maximum Gasteiger partial charge on any atom is 0.265 e. The number of anilines is 1. The molecule has 4 aromatic rings. The van der Waals surface area contributed by atoms with E-state index in [4.69, 9.17) is 42.1 Å². The minimum Gasteiger partial charge on any atom is -0.497 e. The fourth-order valence-electron chi connectivity index (χ4n) is 5.44. The number of methoxy groups -OCH3 is 4. The van der Waals surface area contributed by atoms with Gasteiger partial charge in [-0.05, 0) is 47.9 Å². The standard InChI is InChI=1S/C38H43Cl2N3O8S/c1-25(2)22-41-38(45)33(19-26-11-8-7-9-12-26)42(23-29-30(39)13-10-14-31(29)40)37(44)24-43(32-20-27(48-3)15-17-34(32)49-4)52(46,47)28-16-18-35(50-5)36(21-28)51-6/h7-18,20-21,25,33H,19,22-24H2,1-6H3,(H,41,45)/t33-/m0/s1. The number of benzene rings is 4. The molecule has 0 saturated carbocycles. The van der Waals surface area contributed by atoms with Crippen molar-refractivity contribution in [1.82, 2.24) is 10.2 Å². The van der Waals surface area contributed by atoms with Crippen LogP contribution in [-0.4, -0.2) is 72.7 Å². The van der Waals surface area contributed by atoms with Crippen molar-refractivity contribution in [3.8, 4) is 23.0 Å². The summed E-state index contributed by atoms with van der Waals surface area (Å²) in [7, 11) is 1.08. The van der Waals surface area contributed by atoms with Crippen LogP contribution >= 0.6 is 23.2 Å². The van der Waals surface area contributed by atoms with E-state index in [9.17, 15) is 18.0 Å². The fourth-order valence-corrected chi connectivity index (χ4v) is 7.39. The predicted octanol–water partition coefficient (Wildman–Crippen LogP) is 6.64. The molecule has 11 nitrogen and oxygen atoms in total.